The summed E-state index contributed by atoms with van der Waals surface area (Å²) in [6, 6.07) is 25.8. The fraction of sp³-hybridized carbons (Fsp3) is 0.0345. The number of carbonyl (C=O) groups excluding carboxylic acids is 1. The standard InChI is InChI=1S/C29H19BrClN3O4/c1-37-23-13-8-19(9-14-23)29(36)38-26-15-10-21(30)16-20(26)17-32-34-27(18-6-11-22(31)12-7-18)33-25-5-3-2-4-24(25)28(34)35/h2-17H,1H3. The SMILES string of the molecule is COc1ccc(C(=O)Oc2ccc(Br)cc2C=Nn2c(-c3ccc(Cl)cc3)nc3ccccc3c2=O)cc1. The number of esters is 1. The Kier molecular flexibility index (Phi) is 7.35. The van der Waals surface area contributed by atoms with Crippen molar-refractivity contribution in [3.05, 3.63) is 122 Å². The summed E-state index contributed by atoms with van der Waals surface area (Å²) in [5, 5.41) is 5.46. The van der Waals surface area contributed by atoms with Gasteiger partial charge in [0.15, 0.2) is 5.82 Å². The number of carbonyl (C=O) groups is 1. The van der Waals surface area contributed by atoms with Gasteiger partial charge in [-0.1, -0.05) is 39.7 Å². The normalized spacial score (nSPS) is 11.1. The second-order valence-corrected chi connectivity index (χ2v) is 9.47. The average molecular weight is 589 g/mol. The van der Waals surface area contributed by atoms with Crippen LogP contribution in [0.2, 0.25) is 5.02 Å². The summed E-state index contributed by atoms with van der Waals surface area (Å²) < 4.78 is 12.8. The zero-order chi connectivity index (χ0) is 26.6. The van der Waals surface area contributed by atoms with Crippen LogP contribution in [-0.4, -0.2) is 29.0 Å². The lowest BCUT2D eigenvalue weighted by Crippen LogP contribution is -2.20. The molecule has 0 bridgehead atoms. The first kappa shape index (κ1) is 25.4. The molecule has 9 heteroatoms. The first-order valence-electron chi connectivity index (χ1n) is 11.4. The molecule has 7 nitrogen and oxygen atoms in total. The van der Waals surface area contributed by atoms with Crippen molar-refractivity contribution in [2.75, 3.05) is 7.11 Å². The molecule has 0 unspecified atom stereocenters. The monoisotopic (exact) mass is 587 g/mol. The summed E-state index contributed by atoms with van der Waals surface area (Å²) in [6.07, 6.45) is 1.46. The number of fused-ring (bicyclic) bond motifs is 1. The molecular weight excluding hydrogens is 570 g/mol. The van der Waals surface area contributed by atoms with Crippen molar-refractivity contribution < 1.29 is 14.3 Å². The van der Waals surface area contributed by atoms with Crippen LogP contribution < -0.4 is 15.0 Å². The summed E-state index contributed by atoms with van der Waals surface area (Å²) >= 11 is 9.51. The van der Waals surface area contributed by atoms with E-state index >= 15 is 0 Å². The summed E-state index contributed by atoms with van der Waals surface area (Å²) in [7, 11) is 1.55. The highest BCUT2D eigenvalue weighted by molar-refractivity contribution is 9.10. The van der Waals surface area contributed by atoms with Crippen molar-refractivity contribution in [1.29, 1.82) is 0 Å². The molecule has 0 saturated heterocycles. The molecule has 4 aromatic carbocycles. The van der Waals surface area contributed by atoms with Crippen LogP contribution in [0.4, 0.5) is 0 Å². The molecule has 0 spiro atoms. The Morgan fingerprint density at radius 3 is 2.47 bits per heavy atom. The van der Waals surface area contributed by atoms with Gasteiger partial charge >= 0.3 is 5.97 Å². The molecule has 5 aromatic rings. The number of hydrogen-bond donors (Lipinski definition) is 0. The average Bonchev–Trinajstić information content (AvgIpc) is 2.94. The molecule has 0 amide bonds. The van der Waals surface area contributed by atoms with E-state index in [1.807, 2.05) is 6.07 Å². The quantitative estimate of drug-likeness (QED) is 0.127. The fourth-order valence-corrected chi connectivity index (χ4v) is 4.24. The van der Waals surface area contributed by atoms with E-state index < -0.39 is 5.97 Å². The number of aromatic nitrogens is 2. The van der Waals surface area contributed by atoms with Crippen LogP contribution in [0.15, 0.2) is 105 Å². The van der Waals surface area contributed by atoms with Crippen LogP contribution in [0.1, 0.15) is 15.9 Å². The highest BCUT2D eigenvalue weighted by atomic mass is 79.9. The number of methoxy groups -OCH3 is 1. The lowest BCUT2D eigenvalue weighted by molar-refractivity contribution is 0.0734. The number of hydrogen-bond acceptors (Lipinski definition) is 6. The zero-order valence-corrected chi connectivity index (χ0v) is 22.3. The van der Waals surface area contributed by atoms with Crippen molar-refractivity contribution >= 4 is 50.6 Å². The molecule has 0 aliphatic heterocycles. The minimum atomic E-state index is -0.545. The molecule has 38 heavy (non-hydrogen) atoms. The molecule has 0 radical (unpaired) electrons. The van der Waals surface area contributed by atoms with Gasteiger partial charge < -0.3 is 9.47 Å². The third-order valence-electron chi connectivity index (χ3n) is 5.67. The second-order valence-electron chi connectivity index (χ2n) is 8.12. The molecule has 1 heterocycles. The molecule has 0 aliphatic carbocycles. The molecular formula is C29H19BrClN3O4. The third-order valence-corrected chi connectivity index (χ3v) is 6.41. The molecule has 0 aliphatic rings. The van der Waals surface area contributed by atoms with E-state index in [1.54, 1.807) is 92.0 Å². The van der Waals surface area contributed by atoms with Crippen molar-refractivity contribution in [2.24, 2.45) is 5.10 Å². The molecule has 0 fully saturated rings. The number of nitrogens with zero attached hydrogens (tertiary/aromatic N) is 3. The van der Waals surface area contributed by atoms with E-state index in [9.17, 15) is 9.59 Å². The van der Waals surface area contributed by atoms with Crippen molar-refractivity contribution in [3.8, 4) is 22.9 Å². The molecule has 0 saturated carbocycles. The Hall–Kier alpha value is -4.27. The Bertz CT molecular complexity index is 1730. The number of para-hydroxylation sites is 1. The third kappa shape index (κ3) is 5.37. The van der Waals surface area contributed by atoms with Gasteiger partial charge in [0, 0.05) is 20.6 Å². The van der Waals surface area contributed by atoms with E-state index in [0.717, 1.165) is 4.47 Å². The molecule has 0 atom stereocenters. The van der Waals surface area contributed by atoms with E-state index in [4.69, 9.17) is 26.1 Å². The van der Waals surface area contributed by atoms with Gasteiger partial charge in [-0.3, -0.25) is 4.79 Å². The Labute approximate surface area is 231 Å². The number of rotatable bonds is 6. The Balaban J connectivity index is 1.56. The van der Waals surface area contributed by atoms with Gasteiger partial charge in [0.2, 0.25) is 0 Å². The summed E-state index contributed by atoms with van der Waals surface area (Å²) in [5.41, 5.74) is 1.70. The summed E-state index contributed by atoms with van der Waals surface area (Å²) in [5.74, 6) is 0.695. The largest absolute Gasteiger partial charge is 0.497 e. The molecule has 5 rings (SSSR count). The van der Waals surface area contributed by atoms with Gasteiger partial charge in [-0.2, -0.15) is 9.78 Å². The summed E-state index contributed by atoms with van der Waals surface area (Å²) in [4.78, 5) is 30.9. The predicted octanol–water partition coefficient (Wildman–Crippen LogP) is 6.59. The topological polar surface area (TPSA) is 82.8 Å². The van der Waals surface area contributed by atoms with Crippen LogP contribution in [0, 0.1) is 0 Å². The van der Waals surface area contributed by atoms with E-state index in [1.165, 1.54) is 10.9 Å². The smallest absolute Gasteiger partial charge is 0.343 e. The minimum Gasteiger partial charge on any atom is -0.497 e. The van der Waals surface area contributed by atoms with Crippen LogP contribution in [0.25, 0.3) is 22.3 Å². The van der Waals surface area contributed by atoms with Crippen LogP contribution >= 0.6 is 27.5 Å². The lowest BCUT2D eigenvalue weighted by atomic mass is 10.2. The van der Waals surface area contributed by atoms with Gasteiger partial charge in [0.25, 0.3) is 5.56 Å². The first-order valence-corrected chi connectivity index (χ1v) is 12.6. The zero-order valence-electron chi connectivity index (χ0n) is 20.0. The van der Waals surface area contributed by atoms with Gasteiger partial charge in [0.05, 0.1) is 29.8 Å². The maximum atomic E-state index is 13.5. The van der Waals surface area contributed by atoms with Crippen LogP contribution in [-0.2, 0) is 0 Å². The second kappa shape index (κ2) is 11.0. The fourth-order valence-electron chi connectivity index (χ4n) is 3.74. The van der Waals surface area contributed by atoms with E-state index in [0.29, 0.717) is 44.2 Å². The Morgan fingerprint density at radius 2 is 1.74 bits per heavy atom. The van der Waals surface area contributed by atoms with Crippen LogP contribution in [0.3, 0.4) is 0 Å². The number of ether oxygens (including phenoxy) is 2. The van der Waals surface area contributed by atoms with E-state index in [-0.39, 0.29) is 11.3 Å². The molecule has 188 valence electrons. The maximum absolute atomic E-state index is 13.5. The predicted molar refractivity (Wildman–Crippen MR) is 152 cm³/mol. The van der Waals surface area contributed by atoms with Crippen molar-refractivity contribution in [1.82, 2.24) is 9.66 Å². The van der Waals surface area contributed by atoms with Crippen molar-refractivity contribution in [2.45, 2.75) is 0 Å². The number of halogens is 2. The number of benzene rings is 4. The van der Waals surface area contributed by atoms with Crippen molar-refractivity contribution in [3.63, 3.8) is 0 Å². The maximum Gasteiger partial charge on any atom is 0.343 e. The van der Waals surface area contributed by atoms with Gasteiger partial charge in [-0.25, -0.2) is 9.78 Å². The Morgan fingerprint density at radius 1 is 1.00 bits per heavy atom. The minimum absolute atomic E-state index is 0.271. The highest BCUT2D eigenvalue weighted by Crippen LogP contribution is 2.25. The van der Waals surface area contributed by atoms with Gasteiger partial charge in [-0.05, 0) is 78.9 Å². The van der Waals surface area contributed by atoms with Gasteiger partial charge in [-0.15, -0.1) is 0 Å². The first-order chi connectivity index (χ1) is 18.4. The van der Waals surface area contributed by atoms with Crippen LogP contribution in [0.5, 0.6) is 11.5 Å². The van der Waals surface area contributed by atoms with E-state index in [2.05, 4.69) is 21.0 Å². The summed E-state index contributed by atoms with van der Waals surface area (Å²) in [6.45, 7) is 0. The molecule has 1 aromatic heterocycles. The lowest BCUT2D eigenvalue weighted by Gasteiger charge is -2.11. The molecule has 0 N–H and O–H groups in total. The van der Waals surface area contributed by atoms with Gasteiger partial charge in [0.1, 0.15) is 11.5 Å². The highest BCUT2D eigenvalue weighted by Gasteiger charge is 2.15.